The second-order valence-corrected chi connectivity index (χ2v) is 5.41. The average Bonchev–Trinajstić information content (AvgIpc) is 3.00. The molecule has 0 aromatic heterocycles. The van der Waals surface area contributed by atoms with Crippen molar-refractivity contribution in [2.45, 2.75) is 18.9 Å². The number of ether oxygens (including phenoxy) is 2. The van der Waals surface area contributed by atoms with Crippen LogP contribution in [0.3, 0.4) is 0 Å². The molecular weight excluding hydrogens is 242 g/mol. The third-order valence-corrected chi connectivity index (χ3v) is 4.16. The van der Waals surface area contributed by atoms with Gasteiger partial charge in [-0.15, -0.1) is 0 Å². The monoisotopic (exact) mass is 259 g/mol. The van der Waals surface area contributed by atoms with E-state index in [2.05, 4.69) is 6.07 Å². The zero-order valence-electron chi connectivity index (χ0n) is 10.7. The van der Waals surface area contributed by atoms with Crippen LogP contribution in [0.1, 0.15) is 12.0 Å². The average molecular weight is 259 g/mol. The van der Waals surface area contributed by atoms with E-state index in [0.717, 1.165) is 17.7 Å². The molecule has 3 unspecified atom stereocenters. The van der Waals surface area contributed by atoms with Gasteiger partial charge in [-0.25, -0.2) is 0 Å². The Balaban J connectivity index is 1.87. The van der Waals surface area contributed by atoms with Crippen LogP contribution in [0.25, 0.3) is 0 Å². The number of para-hydroxylation sites is 1. The molecule has 2 aliphatic heterocycles. The van der Waals surface area contributed by atoms with Gasteiger partial charge >= 0.3 is 0 Å². The van der Waals surface area contributed by atoms with Crippen molar-refractivity contribution in [3.8, 4) is 11.8 Å². The van der Waals surface area contributed by atoms with E-state index in [0.29, 0.717) is 19.6 Å². The first-order chi connectivity index (χ1) is 9.25. The summed E-state index contributed by atoms with van der Waals surface area (Å²) in [4.78, 5) is 0. The molecule has 4 heteroatoms. The van der Waals surface area contributed by atoms with Gasteiger partial charge in [0, 0.05) is 18.9 Å². The van der Waals surface area contributed by atoms with Crippen molar-refractivity contribution < 1.29 is 14.6 Å². The van der Waals surface area contributed by atoms with Crippen molar-refractivity contribution in [2.75, 3.05) is 19.8 Å². The lowest BCUT2D eigenvalue weighted by Crippen LogP contribution is -2.47. The van der Waals surface area contributed by atoms with E-state index < -0.39 is 11.5 Å². The highest BCUT2D eigenvalue weighted by Gasteiger charge is 2.46. The molecule has 0 spiro atoms. The van der Waals surface area contributed by atoms with Gasteiger partial charge in [-0.05, 0) is 18.1 Å². The minimum atomic E-state index is -0.854. The highest BCUT2D eigenvalue weighted by molar-refractivity contribution is 5.38. The third kappa shape index (κ3) is 2.09. The van der Waals surface area contributed by atoms with E-state index in [1.807, 2.05) is 24.3 Å². The van der Waals surface area contributed by atoms with Crippen LogP contribution in [0.5, 0.6) is 5.75 Å². The Morgan fingerprint density at radius 1 is 1.42 bits per heavy atom. The van der Waals surface area contributed by atoms with Gasteiger partial charge in [0.2, 0.25) is 0 Å². The van der Waals surface area contributed by atoms with E-state index >= 15 is 0 Å². The van der Waals surface area contributed by atoms with Crippen LogP contribution >= 0.6 is 0 Å². The summed E-state index contributed by atoms with van der Waals surface area (Å²) < 4.78 is 11.0. The Morgan fingerprint density at radius 2 is 2.26 bits per heavy atom. The molecule has 3 atom stereocenters. The minimum Gasteiger partial charge on any atom is -0.492 e. The highest BCUT2D eigenvalue weighted by Crippen LogP contribution is 2.40. The molecule has 2 aliphatic rings. The van der Waals surface area contributed by atoms with Gasteiger partial charge in [-0.3, -0.25) is 0 Å². The van der Waals surface area contributed by atoms with E-state index in [1.54, 1.807) is 0 Å². The highest BCUT2D eigenvalue weighted by atomic mass is 16.5. The van der Waals surface area contributed by atoms with Gasteiger partial charge in [0.15, 0.2) is 0 Å². The van der Waals surface area contributed by atoms with E-state index in [-0.39, 0.29) is 12.5 Å². The van der Waals surface area contributed by atoms with Crippen LogP contribution in [-0.2, 0) is 11.2 Å². The van der Waals surface area contributed by atoms with Crippen LogP contribution in [-0.4, -0.2) is 31.0 Å². The van der Waals surface area contributed by atoms with Crippen LogP contribution in [0.4, 0.5) is 0 Å². The van der Waals surface area contributed by atoms with Gasteiger partial charge in [0.1, 0.15) is 17.8 Å². The first-order valence-electron chi connectivity index (χ1n) is 6.63. The van der Waals surface area contributed by atoms with Crippen LogP contribution in [0.2, 0.25) is 0 Å². The fourth-order valence-corrected chi connectivity index (χ4v) is 2.97. The van der Waals surface area contributed by atoms with Crippen LogP contribution in [0, 0.1) is 22.7 Å². The summed E-state index contributed by atoms with van der Waals surface area (Å²) in [5.74, 6) is 0.858. The Kier molecular flexibility index (Phi) is 3.17. The molecule has 1 aromatic rings. The molecule has 0 amide bonds. The van der Waals surface area contributed by atoms with E-state index in [1.165, 1.54) is 0 Å². The summed E-state index contributed by atoms with van der Waals surface area (Å²) in [5, 5.41) is 20.1. The van der Waals surface area contributed by atoms with Gasteiger partial charge < -0.3 is 14.6 Å². The number of aliphatic hydroxyl groups is 1. The van der Waals surface area contributed by atoms with Crippen molar-refractivity contribution >= 4 is 0 Å². The van der Waals surface area contributed by atoms with Gasteiger partial charge in [-0.2, -0.15) is 5.26 Å². The zero-order valence-corrected chi connectivity index (χ0v) is 10.7. The molecule has 1 saturated heterocycles. The minimum absolute atomic E-state index is 0.0357. The predicted octanol–water partition coefficient (Wildman–Crippen LogP) is 1.53. The molecule has 0 radical (unpaired) electrons. The van der Waals surface area contributed by atoms with Crippen molar-refractivity contribution in [3.63, 3.8) is 0 Å². The third-order valence-electron chi connectivity index (χ3n) is 4.16. The molecule has 3 rings (SSSR count). The lowest BCUT2D eigenvalue weighted by Gasteiger charge is -2.38. The number of nitriles is 1. The number of benzene rings is 1. The number of aliphatic hydroxyl groups excluding tert-OH is 1. The van der Waals surface area contributed by atoms with Crippen molar-refractivity contribution in [3.05, 3.63) is 29.8 Å². The van der Waals surface area contributed by atoms with Gasteiger partial charge in [-0.1, -0.05) is 18.2 Å². The number of fused-ring (bicyclic) bond motifs is 1. The standard InChI is InChI=1S/C15H17NO3/c16-9-15(14(17)12-5-6-18-8-12)7-11-3-1-2-4-13(11)19-10-15/h1-4,12,14,17H,5-8,10H2. The van der Waals surface area contributed by atoms with E-state index in [9.17, 15) is 10.4 Å². The van der Waals surface area contributed by atoms with Crippen molar-refractivity contribution in [2.24, 2.45) is 11.3 Å². The fraction of sp³-hybridized carbons (Fsp3) is 0.533. The molecule has 100 valence electrons. The Hall–Kier alpha value is -1.57. The molecule has 4 nitrogen and oxygen atoms in total. The van der Waals surface area contributed by atoms with E-state index in [4.69, 9.17) is 9.47 Å². The first kappa shape index (κ1) is 12.5. The predicted molar refractivity (Wildman–Crippen MR) is 68.6 cm³/mol. The quantitative estimate of drug-likeness (QED) is 0.875. The topological polar surface area (TPSA) is 62.5 Å². The largest absolute Gasteiger partial charge is 0.492 e. The molecule has 19 heavy (non-hydrogen) atoms. The maximum atomic E-state index is 10.6. The number of hydrogen-bond donors (Lipinski definition) is 1. The zero-order chi connectivity index (χ0) is 13.3. The molecule has 0 aliphatic carbocycles. The molecule has 0 bridgehead atoms. The Morgan fingerprint density at radius 3 is 3.00 bits per heavy atom. The Bertz CT molecular complexity index is 504. The molecule has 1 fully saturated rings. The molecular formula is C15H17NO3. The molecule has 0 saturated carbocycles. The second-order valence-electron chi connectivity index (χ2n) is 5.41. The van der Waals surface area contributed by atoms with Crippen LogP contribution in [0.15, 0.2) is 24.3 Å². The summed E-state index contributed by atoms with van der Waals surface area (Å²) in [5.41, 5.74) is 0.139. The summed E-state index contributed by atoms with van der Waals surface area (Å²) in [7, 11) is 0. The summed E-state index contributed by atoms with van der Waals surface area (Å²) in [6, 6.07) is 10.0. The lowest BCUT2D eigenvalue weighted by molar-refractivity contribution is -0.0220. The molecule has 1 N–H and O–H groups in total. The number of nitrogens with zero attached hydrogens (tertiary/aromatic N) is 1. The maximum Gasteiger partial charge on any atom is 0.122 e. The smallest absolute Gasteiger partial charge is 0.122 e. The second kappa shape index (κ2) is 4.84. The fourth-order valence-electron chi connectivity index (χ4n) is 2.97. The van der Waals surface area contributed by atoms with Gasteiger partial charge in [0.05, 0.1) is 18.8 Å². The maximum absolute atomic E-state index is 10.6. The molecule has 2 heterocycles. The lowest BCUT2D eigenvalue weighted by atomic mass is 9.72. The first-order valence-corrected chi connectivity index (χ1v) is 6.63. The summed E-state index contributed by atoms with van der Waals surface area (Å²) >= 11 is 0. The summed E-state index contributed by atoms with van der Waals surface area (Å²) in [6.45, 7) is 1.45. The number of rotatable bonds is 2. The van der Waals surface area contributed by atoms with Crippen LogP contribution < -0.4 is 4.74 Å². The SMILES string of the molecule is N#CC1(C(O)C2CCOC2)COc2ccccc2C1. The van der Waals surface area contributed by atoms with Gasteiger partial charge in [0.25, 0.3) is 0 Å². The van der Waals surface area contributed by atoms with Crippen molar-refractivity contribution in [1.29, 1.82) is 5.26 Å². The van der Waals surface area contributed by atoms with Crippen molar-refractivity contribution in [1.82, 2.24) is 0 Å². The normalized spacial score (nSPS) is 31.1. The number of hydrogen-bond acceptors (Lipinski definition) is 4. The molecule has 1 aromatic carbocycles. The summed E-state index contributed by atoms with van der Waals surface area (Å²) in [6.07, 6.45) is 0.650. The Labute approximate surface area is 112 Å².